The van der Waals surface area contributed by atoms with Crippen LogP contribution >= 0.6 is 0 Å². The van der Waals surface area contributed by atoms with Crippen LogP contribution in [0.5, 0.6) is 23.0 Å². The van der Waals surface area contributed by atoms with Crippen LogP contribution in [0.4, 0.5) is 0 Å². The number of hydrogen-bond acceptors (Lipinski definition) is 6. The normalized spacial score (nSPS) is 18.9. The Balaban J connectivity index is 1.28. The highest BCUT2D eigenvalue weighted by Crippen LogP contribution is 2.34. The van der Waals surface area contributed by atoms with Gasteiger partial charge in [-0.1, -0.05) is 6.07 Å². The minimum Gasteiger partial charge on any atom is -0.493 e. The first-order valence-corrected chi connectivity index (χ1v) is 11.5. The molecule has 32 heavy (non-hydrogen) atoms. The largest absolute Gasteiger partial charge is 0.493 e. The molecule has 2 heterocycles. The number of nitrogens with zero attached hydrogens (tertiary/aromatic N) is 2. The predicted molar refractivity (Wildman–Crippen MR) is 126 cm³/mol. The number of benzene rings is 2. The Morgan fingerprint density at radius 3 is 2.19 bits per heavy atom. The molecule has 0 amide bonds. The summed E-state index contributed by atoms with van der Waals surface area (Å²) in [6.07, 6.45) is 3.39. The molecule has 0 bridgehead atoms. The molecule has 6 nitrogen and oxygen atoms in total. The molecule has 2 aliphatic heterocycles. The first kappa shape index (κ1) is 22.7. The maximum Gasteiger partial charge on any atom is 0.161 e. The van der Waals surface area contributed by atoms with Gasteiger partial charge in [-0.25, -0.2) is 0 Å². The molecule has 4 rings (SSSR count). The molecule has 0 radical (unpaired) electrons. The van der Waals surface area contributed by atoms with Crippen molar-refractivity contribution < 1.29 is 18.9 Å². The van der Waals surface area contributed by atoms with E-state index in [2.05, 4.69) is 34.1 Å². The maximum absolute atomic E-state index is 5.51. The summed E-state index contributed by atoms with van der Waals surface area (Å²) in [6, 6.07) is 10.5. The molecule has 0 N–H and O–H groups in total. The highest BCUT2D eigenvalue weighted by molar-refractivity contribution is 5.48. The minimum absolute atomic E-state index is 0.738. The van der Waals surface area contributed by atoms with Crippen molar-refractivity contribution in [3.63, 3.8) is 0 Å². The van der Waals surface area contributed by atoms with Crippen molar-refractivity contribution in [2.24, 2.45) is 5.92 Å². The van der Waals surface area contributed by atoms with E-state index >= 15 is 0 Å². The zero-order valence-corrected chi connectivity index (χ0v) is 19.9. The third-order valence-electron chi connectivity index (χ3n) is 6.85. The molecular weight excluding hydrogens is 404 g/mol. The number of ether oxygens (including phenoxy) is 4. The number of hydrogen-bond donors (Lipinski definition) is 0. The summed E-state index contributed by atoms with van der Waals surface area (Å²) in [5.74, 6) is 4.00. The van der Waals surface area contributed by atoms with Crippen LogP contribution in [0, 0.1) is 5.92 Å². The fraction of sp³-hybridized carbons (Fsp3) is 0.538. The van der Waals surface area contributed by atoms with Gasteiger partial charge in [0.2, 0.25) is 0 Å². The quantitative estimate of drug-likeness (QED) is 0.593. The lowest BCUT2D eigenvalue weighted by Gasteiger charge is -2.31. The van der Waals surface area contributed by atoms with E-state index in [-0.39, 0.29) is 0 Å². The van der Waals surface area contributed by atoms with Crippen LogP contribution in [0.2, 0.25) is 0 Å². The fourth-order valence-electron chi connectivity index (χ4n) is 5.05. The SMILES string of the molecule is COc1ccc(CCN2CCC(CN3CCc4cc(OC)c(OC)cc4C3)C2)cc1OC. The topological polar surface area (TPSA) is 43.4 Å². The van der Waals surface area contributed by atoms with E-state index in [1.54, 1.807) is 28.4 Å². The van der Waals surface area contributed by atoms with Crippen molar-refractivity contribution in [1.29, 1.82) is 0 Å². The summed E-state index contributed by atoms with van der Waals surface area (Å²) in [5.41, 5.74) is 4.06. The molecule has 0 spiro atoms. The second-order valence-electron chi connectivity index (χ2n) is 8.86. The summed E-state index contributed by atoms with van der Waals surface area (Å²) in [7, 11) is 6.78. The second kappa shape index (κ2) is 10.5. The van der Waals surface area contributed by atoms with Crippen molar-refractivity contribution in [2.75, 3.05) is 61.2 Å². The predicted octanol–water partition coefficient (Wildman–Crippen LogP) is 3.64. The van der Waals surface area contributed by atoms with Crippen molar-refractivity contribution in [3.05, 3.63) is 47.0 Å². The average Bonchev–Trinajstić information content (AvgIpc) is 3.28. The van der Waals surface area contributed by atoms with Gasteiger partial charge in [-0.05, 0) is 72.7 Å². The molecule has 174 valence electrons. The Morgan fingerprint density at radius 1 is 0.781 bits per heavy atom. The molecule has 1 fully saturated rings. The van der Waals surface area contributed by atoms with Crippen LogP contribution in [0.25, 0.3) is 0 Å². The van der Waals surface area contributed by atoms with E-state index in [1.165, 1.54) is 42.7 Å². The van der Waals surface area contributed by atoms with Crippen LogP contribution in [-0.4, -0.2) is 71.0 Å². The van der Waals surface area contributed by atoms with Crippen molar-refractivity contribution in [3.8, 4) is 23.0 Å². The Bertz CT molecular complexity index is 917. The number of rotatable bonds is 9. The summed E-state index contributed by atoms with van der Waals surface area (Å²) in [4.78, 5) is 5.21. The first-order valence-electron chi connectivity index (χ1n) is 11.5. The second-order valence-corrected chi connectivity index (χ2v) is 8.86. The first-order chi connectivity index (χ1) is 15.6. The van der Waals surface area contributed by atoms with E-state index in [0.717, 1.165) is 61.4 Å². The van der Waals surface area contributed by atoms with E-state index in [0.29, 0.717) is 0 Å². The highest BCUT2D eigenvalue weighted by atomic mass is 16.5. The Hall–Kier alpha value is -2.44. The lowest BCUT2D eigenvalue weighted by atomic mass is 9.97. The zero-order valence-electron chi connectivity index (χ0n) is 19.9. The van der Waals surface area contributed by atoms with Gasteiger partial charge >= 0.3 is 0 Å². The van der Waals surface area contributed by atoms with Gasteiger partial charge in [0.1, 0.15) is 0 Å². The molecule has 1 unspecified atom stereocenters. The standard InChI is InChI=1S/C26H36N2O4/c1-29-23-6-5-19(13-24(23)30-2)7-10-27-11-8-20(16-27)17-28-12-9-21-14-25(31-3)26(32-4)15-22(21)18-28/h5-6,13-15,20H,7-12,16-18H2,1-4H3. The van der Waals surface area contributed by atoms with Crippen LogP contribution in [0.3, 0.4) is 0 Å². The molecule has 2 aliphatic rings. The summed E-state index contributed by atoms with van der Waals surface area (Å²) in [5, 5.41) is 0. The number of methoxy groups -OCH3 is 4. The lowest BCUT2D eigenvalue weighted by molar-refractivity contribution is 0.209. The Kier molecular flexibility index (Phi) is 7.43. The van der Waals surface area contributed by atoms with Gasteiger partial charge in [-0.2, -0.15) is 0 Å². The maximum atomic E-state index is 5.51. The summed E-state index contributed by atoms with van der Waals surface area (Å²) in [6.45, 7) is 6.74. The van der Waals surface area contributed by atoms with Gasteiger partial charge in [-0.15, -0.1) is 0 Å². The zero-order chi connectivity index (χ0) is 22.5. The minimum atomic E-state index is 0.738. The lowest BCUT2D eigenvalue weighted by Crippen LogP contribution is -2.35. The number of likely N-dealkylation sites (tertiary alicyclic amines) is 1. The molecule has 0 aliphatic carbocycles. The van der Waals surface area contributed by atoms with Crippen LogP contribution < -0.4 is 18.9 Å². The van der Waals surface area contributed by atoms with Gasteiger partial charge in [-0.3, -0.25) is 4.90 Å². The Labute approximate surface area is 192 Å². The molecular formula is C26H36N2O4. The molecule has 6 heteroatoms. The fourth-order valence-corrected chi connectivity index (χ4v) is 5.05. The molecule has 1 atom stereocenters. The Morgan fingerprint density at radius 2 is 1.47 bits per heavy atom. The van der Waals surface area contributed by atoms with E-state index < -0.39 is 0 Å². The van der Waals surface area contributed by atoms with Gasteiger partial charge < -0.3 is 23.8 Å². The van der Waals surface area contributed by atoms with Crippen molar-refractivity contribution in [2.45, 2.75) is 25.8 Å². The molecule has 0 saturated carbocycles. The monoisotopic (exact) mass is 440 g/mol. The van der Waals surface area contributed by atoms with Gasteiger partial charge in [0, 0.05) is 32.7 Å². The molecule has 2 aromatic carbocycles. The van der Waals surface area contributed by atoms with E-state index in [1.807, 2.05) is 6.07 Å². The number of fused-ring (bicyclic) bond motifs is 1. The third kappa shape index (κ3) is 5.13. The molecule has 2 aromatic rings. The van der Waals surface area contributed by atoms with E-state index in [9.17, 15) is 0 Å². The van der Waals surface area contributed by atoms with Crippen molar-refractivity contribution >= 4 is 0 Å². The van der Waals surface area contributed by atoms with E-state index in [4.69, 9.17) is 18.9 Å². The van der Waals surface area contributed by atoms with Gasteiger partial charge in [0.05, 0.1) is 28.4 Å². The smallest absolute Gasteiger partial charge is 0.161 e. The van der Waals surface area contributed by atoms with Crippen LogP contribution in [-0.2, 0) is 19.4 Å². The van der Waals surface area contributed by atoms with Crippen LogP contribution in [0.1, 0.15) is 23.1 Å². The highest BCUT2D eigenvalue weighted by Gasteiger charge is 2.26. The summed E-state index contributed by atoms with van der Waals surface area (Å²) >= 11 is 0. The average molecular weight is 441 g/mol. The van der Waals surface area contributed by atoms with Crippen molar-refractivity contribution in [1.82, 2.24) is 9.80 Å². The molecule has 1 saturated heterocycles. The third-order valence-corrected chi connectivity index (χ3v) is 6.85. The van der Waals surface area contributed by atoms with Gasteiger partial charge in [0.25, 0.3) is 0 Å². The van der Waals surface area contributed by atoms with Crippen LogP contribution in [0.15, 0.2) is 30.3 Å². The molecule has 0 aromatic heterocycles. The van der Waals surface area contributed by atoms with Gasteiger partial charge in [0.15, 0.2) is 23.0 Å². The summed E-state index contributed by atoms with van der Waals surface area (Å²) < 4.78 is 21.8.